The van der Waals surface area contributed by atoms with Gasteiger partial charge in [-0.25, -0.2) is 0 Å². The first-order valence-corrected chi connectivity index (χ1v) is 2.21. The topological polar surface area (TPSA) is 38.0 Å². The van der Waals surface area contributed by atoms with Crippen molar-refractivity contribution in [2.45, 2.75) is 6.92 Å². The quantitative estimate of drug-likeness (QED) is 0.578. The highest BCUT2D eigenvalue weighted by atomic mass is 35.5. The third kappa shape index (κ3) is 16.3. The summed E-state index contributed by atoms with van der Waals surface area (Å²) >= 11 is 4.46. The van der Waals surface area contributed by atoms with Crippen LogP contribution in [-0.4, -0.2) is 11.7 Å². The second kappa shape index (κ2) is 10.3. The molecule has 0 aromatic rings. The molecule has 0 atom stereocenters. The molecule has 8 heavy (non-hydrogen) atoms. The highest BCUT2D eigenvalue weighted by Crippen LogP contribution is 1.52. The van der Waals surface area contributed by atoms with Gasteiger partial charge in [-0.1, -0.05) is 0 Å². The van der Waals surface area contributed by atoms with Crippen LogP contribution in [0.1, 0.15) is 6.92 Å². The lowest BCUT2D eigenvalue weighted by molar-refractivity contribution is 0.973. The summed E-state index contributed by atoms with van der Waals surface area (Å²) in [6.45, 7) is 2.76. The SMILES string of the molecule is CCNC(N)=S.Cl.Cl. The lowest BCUT2D eigenvalue weighted by Gasteiger charge is -1.92. The maximum Gasteiger partial charge on any atom is 0.163 e. The molecule has 0 rings (SSSR count). The first-order chi connectivity index (χ1) is 2.77. The highest BCUT2D eigenvalue weighted by Gasteiger charge is 1.73. The number of hydrogen-bond acceptors (Lipinski definition) is 1. The van der Waals surface area contributed by atoms with Crippen LogP contribution in [0.25, 0.3) is 0 Å². The van der Waals surface area contributed by atoms with Crippen LogP contribution in [0, 0.1) is 0 Å². The molecule has 0 heterocycles. The van der Waals surface area contributed by atoms with Gasteiger partial charge in [0.1, 0.15) is 0 Å². The Morgan fingerprint density at radius 3 is 2.00 bits per heavy atom. The minimum absolute atomic E-state index is 0. The monoisotopic (exact) mass is 176 g/mol. The fourth-order valence-electron chi connectivity index (χ4n) is 0.174. The molecule has 0 aliphatic heterocycles. The summed E-state index contributed by atoms with van der Waals surface area (Å²) in [5.74, 6) is 0. The molecule has 0 aliphatic carbocycles. The van der Waals surface area contributed by atoms with Gasteiger partial charge in [0, 0.05) is 6.54 Å². The molecule has 0 saturated carbocycles. The predicted octanol–water partition coefficient (Wildman–Crippen LogP) is 0.683. The van der Waals surface area contributed by atoms with Crippen molar-refractivity contribution in [3.8, 4) is 0 Å². The molecule has 0 bridgehead atoms. The zero-order chi connectivity index (χ0) is 4.99. The van der Waals surface area contributed by atoms with E-state index in [9.17, 15) is 0 Å². The van der Waals surface area contributed by atoms with Gasteiger partial charge >= 0.3 is 0 Å². The van der Waals surface area contributed by atoms with E-state index >= 15 is 0 Å². The van der Waals surface area contributed by atoms with Gasteiger partial charge in [0.15, 0.2) is 5.11 Å². The van der Waals surface area contributed by atoms with Crippen molar-refractivity contribution in [3.05, 3.63) is 0 Å². The van der Waals surface area contributed by atoms with E-state index in [1.807, 2.05) is 6.92 Å². The Hall–Kier alpha value is 0.270. The van der Waals surface area contributed by atoms with E-state index in [4.69, 9.17) is 5.73 Å². The summed E-state index contributed by atoms with van der Waals surface area (Å²) in [7, 11) is 0. The fourth-order valence-corrected chi connectivity index (χ4v) is 0.319. The molecule has 0 aromatic heterocycles. The van der Waals surface area contributed by atoms with Crippen LogP contribution in [0.2, 0.25) is 0 Å². The summed E-state index contributed by atoms with van der Waals surface area (Å²) < 4.78 is 0. The Balaban J connectivity index is -0.000000125. The third-order valence-electron chi connectivity index (χ3n) is 0.351. The predicted molar refractivity (Wildman–Crippen MR) is 45.0 cm³/mol. The Bertz CT molecular complexity index is 59.2. The molecule has 0 saturated heterocycles. The lowest BCUT2D eigenvalue weighted by Crippen LogP contribution is -2.28. The molecule has 5 heteroatoms. The molecule has 0 aliphatic rings. The van der Waals surface area contributed by atoms with Gasteiger partial charge in [-0.05, 0) is 19.1 Å². The first kappa shape index (κ1) is 15.7. The van der Waals surface area contributed by atoms with Gasteiger partial charge in [0.05, 0.1) is 0 Å². The maximum atomic E-state index is 5.02. The van der Waals surface area contributed by atoms with Crippen LogP contribution < -0.4 is 11.1 Å². The molecule has 0 aromatic carbocycles. The molecule has 0 spiro atoms. The summed E-state index contributed by atoms with van der Waals surface area (Å²) in [6.07, 6.45) is 0. The average Bonchev–Trinajstić information content (AvgIpc) is 1.35. The largest absolute Gasteiger partial charge is 0.376 e. The van der Waals surface area contributed by atoms with Gasteiger partial charge in [0.25, 0.3) is 0 Å². The van der Waals surface area contributed by atoms with E-state index in [0.717, 1.165) is 6.54 Å². The van der Waals surface area contributed by atoms with Crippen molar-refractivity contribution >= 4 is 42.1 Å². The molecule has 0 amide bonds. The second-order valence-electron chi connectivity index (χ2n) is 0.895. The van der Waals surface area contributed by atoms with E-state index < -0.39 is 0 Å². The van der Waals surface area contributed by atoms with Crippen molar-refractivity contribution in [2.24, 2.45) is 5.73 Å². The van der Waals surface area contributed by atoms with Crippen molar-refractivity contribution < 1.29 is 0 Å². The highest BCUT2D eigenvalue weighted by molar-refractivity contribution is 7.80. The van der Waals surface area contributed by atoms with E-state index in [1.54, 1.807) is 0 Å². The molecular weight excluding hydrogens is 167 g/mol. The minimum atomic E-state index is 0. The van der Waals surface area contributed by atoms with Crippen LogP contribution in [0.15, 0.2) is 0 Å². The normalized spacial score (nSPS) is 5.62. The van der Waals surface area contributed by atoms with Crippen molar-refractivity contribution in [1.29, 1.82) is 0 Å². The second-order valence-corrected chi connectivity index (χ2v) is 1.33. The third-order valence-corrected chi connectivity index (χ3v) is 0.495. The summed E-state index contributed by atoms with van der Waals surface area (Å²) in [6, 6.07) is 0. The minimum Gasteiger partial charge on any atom is -0.376 e. The molecule has 3 N–H and O–H groups in total. The number of hydrogen-bond donors (Lipinski definition) is 2. The maximum absolute atomic E-state index is 5.02. The number of nitrogens with one attached hydrogen (secondary N) is 1. The zero-order valence-corrected chi connectivity index (χ0v) is 6.96. The van der Waals surface area contributed by atoms with Gasteiger partial charge in [-0.2, -0.15) is 0 Å². The van der Waals surface area contributed by atoms with Gasteiger partial charge < -0.3 is 11.1 Å². The van der Waals surface area contributed by atoms with E-state index in [0.29, 0.717) is 5.11 Å². The van der Waals surface area contributed by atoms with Crippen LogP contribution >= 0.6 is 37.0 Å². The van der Waals surface area contributed by atoms with Crippen LogP contribution in [-0.2, 0) is 0 Å². The number of rotatable bonds is 1. The number of halogens is 2. The Labute approximate surface area is 67.0 Å². The number of nitrogens with two attached hydrogens (primary N) is 1. The fraction of sp³-hybridized carbons (Fsp3) is 0.667. The molecule has 0 fully saturated rings. The van der Waals surface area contributed by atoms with Crippen molar-refractivity contribution in [1.82, 2.24) is 5.32 Å². The van der Waals surface area contributed by atoms with E-state index in [2.05, 4.69) is 17.5 Å². The summed E-state index contributed by atoms with van der Waals surface area (Å²) in [5.41, 5.74) is 5.02. The van der Waals surface area contributed by atoms with Gasteiger partial charge in [0.2, 0.25) is 0 Å². The van der Waals surface area contributed by atoms with Crippen molar-refractivity contribution in [3.63, 3.8) is 0 Å². The zero-order valence-electron chi connectivity index (χ0n) is 4.51. The van der Waals surface area contributed by atoms with Gasteiger partial charge in [-0.15, -0.1) is 24.8 Å². The van der Waals surface area contributed by atoms with Crippen molar-refractivity contribution in [2.75, 3.05) is 6.54 Å². The van der Waals surface area contributed by atoms with Gasteiger partial charge in [-0.3, -0.25) is 0 Å². The smallest absolute Gasteiger partial charge is 0.163 e. The molecule has 52 valence electrons. The summed E-state index contributed by atoms with van der Waals surface area (Å²) in [4.78, 5) is 0. The molecule has 0 unspecified atom stereocenters. The van der Waals surface area contributed by atoms with E-state index in [-0.39, 0.29) is 24.8 Å². The van der Waals surface area contributed by atoms with Crippen LogP contribution in [0.5, 0.6) is 0 Å². The summed E-state index contributed by atoms with van der Waals surface area (Å²) in [5, 5.41) is 3.09. The standard InChI is InChI=1S/C3H8N2S.2ClH/c1-2-5-3(4)6;;/h2H2,1H3,(H3,4,5,6);2*1H. The molecular formula is C3H10Cl2N2S. The first-order valence-electron chi connectivity index (χ1n) is 1.80. The molecule has 0 radical (unpaired) electrons. The number of thiocarbonyl (C=S) groups is 1. The Morgan fingerprint density at radius 1 is 1.62 bits per heavy atom. The lowest BCUT2D eigenvalue weighted by atomic mass is 10.8. The Kier molecular flexibility index (Phi) is 20.2. The Morgan fingerprint density at radius 2 is 2.00 bits per heavy atom. The van der Waals surface area contributed by atoms with Crippen LogP contribution in [0.4, 0.5) is 0 Å². The van der Waals surface area contributed by atoms with E-state index in [1.165, 1.54) is 0 Å². The average molecular weight is 177 g/mol. The molecule has 2 nitrogen and oxygen atoms in total. The van der Waals surface area contributed by atoms with Crippen LogP contribution in [0.3, 0.4) is 0 Å².